The average Bonchev–Trinajstić information content (AvgIpc) is 2.37. The van der Waals surface area contributed by atoms with Gasteiger partial charge in [0.25, 0.3) is 0 Å². The van der Waals surface area contributed by atoms with Crippen LogP contribution in [0.5, 0.6) is 0 Å². The Morgan fingerprint density at radius 1 is 1.21 bits per heavy atom. The lowest BCUT2D eigenvalue weighted by Crippen LogP contribution is -2.40. The van der Waals surface area contributed by atoms with Crippen LogP contribution in [0.3, 0.4) is 0 Å². The highest BCUT2D eigenvalue weighted by Gasteiger charge is 2.10. The summed E-state index contributed by atoms with van der Waals surface area (Å²) in [6, 6.07) is 13.8. The standard InChI is InChI=1S/C16H15NO2/c1-13-5-4-6-14(11-13)8-9-15-7-2-3-10-17(15)12-16(18)19/h2-11H,12H2,1H3/p+1/b9-8+. The Labute approximate surface area is 112 Å². The van der Waals surface area contributed by atoms with Crippen LogP contribution in [0.15, 0.2) is 48.7 Å². The van der Waals surface area contributed by atoms with E-state index in [1.165, 1.54) is 5.56 Å². The lowest BCUT2D eigenvalue weighted by molar-refractivity contribution is -0.687. The van der Waals surface area contributed by atoms with E-state index in [1.807, 2.05) is 55.5 Å². The largest absolute Gasteiger partial charge is 0.477 e. The van der Waals surface area contributed by atoms with Crippen LogP contribution in [0.2, 0.25) is 0 Å². The Kier molecular flexibility index (Phi) is 4.08. The molecule has 2 aromatic rings. The lowest BCUT2D eigenvalue weighted by atomic mass is 10.1. The van der Waals surface area contributed by atoms with E-state index in [1.54, 1.807) is 10.8 Å². The number of aromatic nitrogens is 1. The van der Waals surface area contributed by atoms with Crippen molar-refractivity contribution >= 4 is 18.1 Å². The van der Waals surface area contributed by atoms with Crippen molar-refractivity contribution < 1.29 is 14.5 Å². The van der Waals surface area contributed by atoms with Gasteiger partial charge in [-0.3, -0.25) is 0 Å². The number of carboxylic acids is 1. The molecule has 0 bridgehead atoms. The Balaban J connectivity index is 2.25. The van der Waals surface area contributed by atoms with E-state index in [0.717, 1.165) is 11.3 Å². The predicted molar refractivity (Wildman–Crippen MR) is 74.4 cm³/mol. The summed E-state index contributed by atoms with van der Waals surface area (Å²) in [5.74, 6) is -0.846. The molecule has 96 valence electrons. The normalized spacial score (nSPS) is 10.8. The van der Waals surface area contributed by atoms with Crippen LogP contribution in [-0.4, -0.2) is 11.1 Å². The Bertz CT molecular complexity index is 618. The molecule has 19 heavy (non-hydrogen) atoms. The summed E-state index contributed by atoms with van der Waals surface area (Å²) in [6.45, 7) is 2.01. The topological polar surface area (TPSA) is 41.2 Å². The van der Waals surface area contributed by atoms with Gasteiger partial charge in [-0.15, -0.1) is 0 Å². The number of benzene rings is 1. The van der Waals surface area contributed by atoms with Crippen molar-refractivity contribution in [1.82, 2.24) is 0 Å². The maximum absolute atomic E-state index is 10.8. The van der Waals surface area contributed by atoms with Crippen LogP contribution in [0, 0.1) is 6.92 Å². The molecule has 3 heteroatoms. The number of hydrogen-bond acceptors (Lipinski definition) is 1. The van der Waals surface area contributed by atoms with Gasteiger partial charge in [-0.05, 0) is 24.6 Å². The predicted octanol–water partition coefficient (Wildman–Crippen LogP) is 2.54. The lowest BCUT2D eigenvalue weighted by Gasteiger charge is -1.98. The van der Waals surface area contributed by atoms with E-state index in [2.05, 4.69) is 6.07 Å². The summed E-state index contributed by atoms with van der Waals surface area (Å²) in [7, 11) is 0. The van der Waals surface area contributed by atoms with Crippen LogP contribution in [-0.2, 0) is 11.3 Å². The van der Waals surface area contributed by atoms with Gasteiger partial charge >= 0.3 is 5.97 Å². The molecule has 0 aliphatic heterocycles. The second-order valence-corrected chi connectivity index (χ2v) is 4.39. The Morgan fingerprint density at radius 2 is 2.05 bits per heavy atom. The van der Waals surface area contributed by atoms with Gasteiger partial charge in [0.15, 0.2) is 6.20 Å². The minimum atomic E-state index is -0.846. The van der Waals surface area contributed by atoms with Crippen molar-refractivity contribution in [3.63, 3.8) is 0 Å². The first kappa shape index (κ1) is 13.0. The summed E-state index contributed by atoms with van der Waals surface area (Å²) in [5.41, 5.74) is 3.17. The number of aliphatic carboxylic acids is 1. The highest BCUT2D eigenvalue weighted by molar-refractivity contribution is 5.68. The third-order valence-electron chi connectivity index (χ3n) is 2.77. The van der Waals surface area contributed by atoms with Crippen LogP contribution >= 0.6 is 0 Å². The summed E-state index contributed by atoms with van der Waals surface area (Å²) >= 11 is 0. The maximum atomic E-state index is 10.8. The molecule has 0 aliphatic carbocycles. The second kappa shape index (κ2) is 5.96. The van der Waals surface area contributed by atoms with Gasteiger partial charge in [0.2, 0.25) is 12.2 Å². The molecular formula is C16H16NO2+. The second-order valence-electron chi connectivity index (χ2n) is 4.39. The van der Waals surface area contributed by atoms with Crippen LogP contribution < -0.4 is 4.57 Å². The number of carbonyl (C=O) groups is 1. The van der Waals surface area contributed by atoms with Gasteiger partial charge in [-0.2, -0.15) is 4.57 Å². The number of aryl methyl sites for hydroxylation is 1. The average molecular weight is 254 g/mol. The number of pyridine rings is 1. The fraction of sp³-hybridized carbons (Fsp3) is 0.125. The third kappa shape index (κ3) is 3.78. The molecule has 0 fully saturated rings. The quantitative estimate of drug-likeness (QED) is 0.852. The number of rotatable bonds is 4. The van der Waals surface area contributed by atoms with Crippen molar-refractivity contribution in [3.8, 4) is 0 Å². The molecular weight excluding hydrogens is 238 g/mol. The molecule has 0 amide bonds. The fourth-order valence-electron chi connectivity index (χ4n) is 1.89. The zero-order valence-corrected chi connectivity index (χ0v) is 10.8. The van der Waals surface area contributed by atoms with Crippen molar-refractivity contribution in [2.45, 2.75) is 13.5 Å². The highest BCUT2D eigenvalue weighted by Crippen LogP contribution is 2.08. The third-order valence-corrected chi connectivity index (χ3v) is 2.77. The van der Waals surface area contributed by atoms with Crippen molar-refractivity contribution in [1.29, 1.82) is 0 Å². The van der Waals surface area contributed by atoms with Gasteiger partial charge in [-0.25, -0.2) is 4.79 Å². The summed E-state index contributed by atoms with van der Waals surface area (Å²) in [4.78, 5) is 10.8. The number of nitrogens with zero attached hydrogens (tertiary/aromatic N) is 1. The summed E-state index contributed by atoms with van der Waals surface area (Å²) in [5, 5.41) is 8.87. The molecule has 1 N–H and O–H groups in total. The van der Waals surface area contributed by atoms with Crippen LogP contribution in [0.1, 0.15) is 16.8 Å². The van der Waals surface area contributed by atoms with E-state index in [9.17, 15) is 4.79 Å². The van der Waals surface area contributed by atoms with Gasteiger partial charge in [-0.1, -0.05) is 29.8 Å². The van der Waals surface area contributed by atoms with Crippen LogP contribution in [0.25, 0.3) is 12.2 Å². The zero-order valence-electron chi connectivity index (χ0n) is 10.8. The van der Waals surface area contributed by atoms with Gasteiger partial charge in [0.05, 0.1) is 0 Å². The Morgan fingerprint density at radius 3 is 2.79 bits per heavy atom. The van der Waals surface area contributed by atoms with Crippen LogP contribution in [0.4, 0.5) is 0 Å². The van der Waals surface area contributed by atoms with E-state index < -0.39 is 5.97 Å². The molecule has 0 aliphatic rings. The van der Waals surface area contributed by atoms with Gasteiger partial charge in [0, 0.05) is 18.2 Å². The van der Waals surface area contributed by atoms with Gasteiger partial charge in [0.1, 0.15) is 0 Å². The zero-order chi connectivity index (χ0) is 13.7. The van der Waals surface area contributed by atoms with Crippen molar-refractivity contribution in [3.05, 3.63) is 65.5 Å². The molecule has 3 nitrogen and oxygen atoms in total. The van der Waals surface area contributed by atoms with E-state index >= 15 is 0 Å². The van der Waals surface area contributed by atoms with E-state index in [0.29, 0.717) is 0 Å². The molecule has 0 radical (unpaired) electrons. The molecule has 0 saturated carbocycles. The SMILES string of the molecule is Cc1cccc(/C=C/c2cccc[n+]2CC(=O)O)c1. The highest BCUT2D eigenvalue weighted by atomic mass is 16.4. The Hall–Kier alpha value is -2.42. The first-order valence-electron chi connectivity index (χ1n) is 6.10. The number of hydrogen-bond donors (Lipinski definition) is 1. The molecule has 1 aromatic heterocycles. The summed E-state index contributed by atoms with van der Waals surface area (Å²) < 4.78 is 1.70. The molecule has 1 heterocycles. The maximum Gasteiger partial charge on any atom is 0.370 e. The minimum absolute atomic E-state index is 0.0334. The molecule has 0 saturated heterocycles. The van der Waals surface area contributed by atoms with Gasteiger partial charge < -0.3 is 5.11 Å². The molecule has 0 spiro atoms. The minimum Gasteiger partial charge on any atom is -0.477 e. The molecule has 0 unspecified atom stereocenters. The fourth-order valence-corrected chi connectivity index (χ4v) is 1.89. The molecule has 1 aromatic carbocycles. The van der Waals surface area contributed by atoms with E-state index in [4.69, 9.17) is 5.11 Å². The molecule has 2 rings (SSSR count). The molecule has 0 atom stereocenters. The monoisotopic (exact) mass is 254 g/mol. The first-order chi connectivity index (χ1) is 9.15. The smallest absolute Gasteiger partial charge is 0.370 e. The summed E-state index contributed by atoms with van der Waals surface area (Å²) in [6.07, 6.45) is 5.68. The number of carboxylic acid groups (broad SMARTS) is 1. The van der Waals surface area contributed by atoms with Crippen molar-refractivity contribution in [2.24, 2.45) is 0 Å². The van der Waals surface area contributed by atoms with E-state index in [-0.39, 0.29) is 6.54 Å². The first-order valence-corrected chi connectivity index (χ1v) is 6.10. The van der Waals surface area contributed by atoms with Crippen molar-refractivity contribution in [2.75, 3.05) is 0 Å².